The number of aryl methyl sites for hydroxylation is 1. The van der Waals surface area contributed by atoms with E-state index in [4.69, 9.17) is 9.47 Å². The number of hydrogen-bond acceptors (Lipinski definition) is 4. The first-order valence-electron chi connectivity index (χ1n) is 7.94. The van der Waals surface area contributed by atoms with Crippen LogP contribution in [0.4, 0.5) is 5.69 Å². The lowest BCUT2D eigenvalue weighted by atomic mass is 10.1. The molecule has 0 saturated carbocycles. The highest BCUT2D eigenvalue weighted by Crippen LogP contribution is 2.30. The topological polar surface area (TPSA) is 51.1 Å². The monoisotopic (exact) mass is 336 g/mol. The average Bonchev–Trinajstić information content (AvgIpc) is 2.89. The molecule has 1 aliphatic rings. The molecule has 0 bridgehead atoms. The first-order chi connectivity index (χ1) is 12.0. The zero-order valence-electron chi connectivity index (χ0n) is 14.7. The van der Waals surface area contributed by atoms with Crippen molar-refractivity contribution in [3.63, 3.8) is 0 Å². The van der Waals surface area contributed by atoms with Crippen molar-refractivity contribution in [3.8, 4) is 11.5 Å². The summed E-state index contributed by atoms with van der Waals surface area (Å²) in [4.78, 5) is 12.8. The number of anilines is 1. The van der Waals surface area contributed by atoms with Gasteiger partial charge in [-0.25, -0.2) is 0 Å². The summed E-state index contributed by atoms with van der Waals surface area (Å²) in [6, 6.07) is 13.2. The number of ether oxygens (including phenoxy) is 2. The van der Waals surface area contributed by atoms with Gasteiger partial charge in [0.05, 0.1) is 31.2 Å². The summed E-state index contributed by atoms with van der Waals surface area (Å²) in [7, 11) is 3.18. The fourth-order valence-electron chi connectivity index (χ4n) is 2.73. The summed E-state index contributed by atoms with van der Waals surface area (Å²) < 4.78 is 10.6. The molecule has 0 N–H and O–H groups in total. The van der Waals surface area contributed by atoms with Gasteiger partial charge in [0.15, 0.2) is 11.5 Å². The van der Waals surface area contributed by atoms with E-state index in [0.717, 1.165) is 16.8 Å². The number of nitrogens with zero attached hydrogens (tertiary/aromatic N) is 2. The lowest BCUT2D eigenvalue weighted by Gasteiger charge is -2.12. The highest BCUT2D eigenvalue weighted by atomic mass is 16.5. The predicted octanol–water partition coefficient (Wildman–Crippen LogP) is 3.82. The van der Waals surface area contributed by atoms with E-state index in [9.17, 15) is 4.79 Å². The number of hydrazone groups is 1. The second kappa shape index (κ2) is 6.81. The molecular weight excluding hydrogens is 316 g/mol. The van der Waals surface area contributed by atoms with Crippen molar-refractivity contribution in [2.75, 3.05) is 19.2 Å². The van der Waals surface area contributed by atoms with Crippen molar-refractivity contribution in [2.45, 2.75) is 13.8 Å². The molecule has 0 radical (unpaired) electrons. The van der Waals surface area contributed by atoms with Crippen LogP contribution in [0.2, 0.25) is 0 Å². The van der Waals surface area contributed by atoms with E-state index in [1.54, 1.807) is 14.2 Å². The van der Waals surface area contributed by atoms with E-state index >= 15 is 0 Å². The summed E-state index contributed by atoms with van der Waals surface area (Å²) in [6.45, 7) is 3.82. The SMILES string of the molecule is COc1ccc(/C=C2\C(=O)N(c3cccc(C)c3)N=C2C)cc1OC. The van der Waals surface area contributed by atoms with Gasteiger partial charge in [0.2, 0.25) is 0 Å². The molecule has 2 aromatic carbocycles. The minimum absolute atomic E-state index is 0.141. The van der Waals surface area contributed by atoms with Crippen molar-refractivity contribution < 1.29 is 14.3 Å². The maximum absolute atomic E-state index is 12.8. The molecule has 0 aromatic heterocycles. The number of hydrogen-bond donors (Lipinski definition) is 0. The zero-order chi connectivity index (χ0) is 18.0. The Morgan fingerprint density at radius 1 is 1.00 bits per heavy atom. The van der Waals surface area contributed by atoms with Crippen molar-refractivity contribution in [1.29, 1.82) is 0 Å². The lowest BCUT2D eigenvalue weighted by Crippen LogP contribution is -2.21. The first-order valence-corrected chi connectivity index (χ1v) is 7.94. The van der Waals surface area contributed by atoms with E-state index in [1.807, 2.05) is 62.4 Å². The highest BCUT2D eigenvalue weighted by molar-refractivity contribution is 6.32. The minimum Gasteiger partial charge on any atom is -0.493 e. The van der Waals surface area contributed by atoms with Crippen LogP contribution in [0.5, 0.6) is 11.5 Å². The van der Waals surface area contributed by atoms with Gasteiger partial charge in [-0.3, -0.25) is 4.79 Å². The fraction of sp³-hybridized carbons (Fsp3) is 0.200. The first kappa shape index (κ1) is 16.8. The molecule has 0 saturated heterocycles. The molecule has 0 aliphatic carbocycles. The van der Waals surface area contributed by atoms with Crippen LogP contribution in [0.25, 0.3) is 6.08 Å². The number of carbonyl (C=O) groups excluding carboxylic acids is 1. The van der Waals surface area contributed by atoms with Crippen LogP contribution in [0.3, 0.4) is 0 Å². The maximum atomic E-state index is 12.8. The van der Waals surface area contributed by atoms with Gasteiger partial charge >= 0.3 is 0 Å². The van der Waals surface area contributed by atoms with Crippen LogP contribution in [-0.2, 0) is 4.79 Å². The lowest BCUT2D eigenvalue weighted by molar-refractivity contribution is -0.114. The van der Waals surface area contributed by atoms with Crippen LogP contribution >= 0.6 is 0 Å². The summed E-state index contributed by atoms with van der Waals surface area (Å²) in [5, 5.41) is 5.85. The molecule has 1 heterocycles. The molecule has 3 rings (SSSR count). The number of carbonyl (C=O) groups is 1. The van der Waals surface area contributed by atoms with Gasteiger partial charge in [0, 0.05) is 0 Å². The Bertz CT molecular complexity index is 884. The predicted molar refractivity (Wildman–Crippen MR) is 99.3 cm³/mol. The molecule has 2 aromatic rings. The summed E-state index contributed by atoms with van der Waals surface area (Å²) in [5.41, 5.74) is 3.94. The second-order valence-electron chi connectivity index (χ2n) is 5.81. The average molecular weight is 336 g/mol. The fourth-order valence-corrected chi connectivity index (χ4v) is 2.73. The molecule has 1 aliphatic heterocycles. The van der Waals surface area contributed by atoms with Crippen molar-refractivity contribution in [1.82, 2.24) is 0 Å². The van der Waals surface area contributed by atoms with Gasteiger partial charge < -0.3 is 9.47 Å². The smallest absolute Gasteiger partial charge is 0.280 e. The molecule has 0 atom stereocenters. The Hall–Kier alpha value is -3.08. The van der Waals surface area contributed by atoms with Crippen molar-refractivity contribution in [2.24, 2.45) is 5.10 Å². The van der Waals surface area contributed by atoms with Crippen molar-refractivity contribution in [3.05, 3.63) is 59.2 Å². The van der Waals surface area contributed by atoms with Crippen molar-refractivity contribution >= 4 is 23.4 Å². The van der Waals surface area contributed by atoms with Crippen LogP contribution in [0.15, 0.2) is 53.1 Å². The largest absolute Gasteiger partial charge is 0.493 e. The normalized spacial score (nSPS) is 15.5. The van der Waals surface area contributed by atoms with E-state index in [0.29, 0.717) is 22.8 Å². The summed E-state index contributed by atoms with van der Waals surface area (Å²) in [5.74, 6) is 1.12. The summed E-state index contributed by atoms with van der Waals surface area (Å²) >= 11 is 0. The van der Waals surface area contributed by atoms with E-state index in [1.165, 1.54) is 5.01 Å². The quantitative estimate of drug-likeness (QED) is 0.798. The molecular formula is C20H20N2O3. The maximum Gasteiger partial charge on any atom is 0.280 e. The molecule has 5 nitrogen and oxygen atoms in total. The third-order valence-electron chi connectivity index (χ3n) is 4.03. The third-order valence-corrected chi connectivity index (χ3v) is 4.03. The summed E-state index contributed by atoms with van der Waals surface area (Å²) in [6.07, 6.45) is 1.82. The molecule has 25 heavy (non-hydrogen) atoms. The zero-order valence-corrected chi connectivity index (χ0v) is 14.7. The number of benzene rings is 2. The van der Waals surface area contributed by atoms with Gasteiger partial charge in [0.1, 0.15) is 0 Å². The molecule has 128 valence electrons. The molecule has 0 unspecified atom stereocenters. The molecule has 5 heteroatoms. The Kier molecular flexibility index (Phi) is 4.57. The van der Waals surface area contributed by atoms with Gasteiger partial charge in [-0.1, -0.05) is 18.2 Å². The van der Waals surface area contributed by atoms with Crippen LogP contribution in [0, 0.1) is 6.92 Å². The minimum atomic E-state index is -0.141. The number of amides is 1. The number of methoxy groups -OCH3 is 2. The molecule has 0 fully saturated rings. The van der Waals surface area contributed by atoms with Crippen LogP contribution < -0.4 is 14.5 Å². The Morgan fingerprint density at radius 3 is 2.44 bits per heavy atom. The van der Waals surface area contributed by atoms with E-state index < -0.39 is 0 Å². The number of rotatable bonds is 4. The van der Waals surface area contributed by atoms with Gasteiger partial charge in [0.25, 0.3) is 5.91 Å². The van der Waals surface area contributed by atoms with Gasteiger partial charge in [-0.15, -0.1) is 0 Å². The van der Waals surface area contributed by atoms with Crippen LogP contribution in [0.1, 0.15) is 18.1 Å². The Morgan fingerprint density at radius 2 is 1.76 bits per heavy atom. The second-order valence-corrected chi connectivity index (χ2v) is 5.81. The molecule has 0 spiro atoms. The standard InChI is InChI=1S/C20H20N2O3/c1-13-6-5-7-16(10-13)22-20(23)17(14(2)21-22)11-15-8-9-18(24-3)19(12-15)25-4/h5-12H,1-4H3/b17-11-. The van der Waals surface area contributed by atoms with Gasteiger partial charge in [-0.2, -0.15) is 10.1 Å². The van der Waals surface area contributed by atoms with Crippen LogP contribution in [-0.4, -0.2) is 25.8 Å². The molecule has 1 amide bonds. The third kappa shape index (κ3) is 3.26. The van der Waals surface area contributed by atoms with E-state index in [2.05, 4.69) is 5.10 Å². The van der Waals surface area contributed by atoms with Gasteiger partial charge in [-0.05, 0) is 55.3 Å². The Balaban J connectivity index is 1.95. The van der Waals surface area contributed by atoms with E-state index in [-0.39, 0.29) is 5.91 Å². The Labute approximate surface area is 147 Å². The highest BCUT2D eigenvalue weighted by Gasteiger charge is 2.28.